The van der Waals surface area contributed by atoms with Crippen LogP contribution in [0.4, 0.5) is 5.69 Å². The predicted octanol–water partition coefficient (Wildman–Crippen LogP) is 2.00. The molecule has 0 saturated carbocycles. The first-order chi connectivity index (χ1) is 10.1. The molecule has 0 aromatic heterocycles. The summed E-state index contributed by atoms with van der Waals surface area (Å²) < 4.78 is 0. The van der Waals surface area contributed by atoms with Gasteiger partial charge in [0, 0.05) is 5.69 Å². The van der Waals surface area contributed by atoms with E-state index in [1.165, 1.54) is 5.56 Å². The maximum Gasteiger partial charge on any atom is 0.241 e. The van der Waals surface area contributed by atoms with E-state index in [2.05, 4.69) is 23.2 Å². The van der Waals surface area contributed by atoms with E-state index in [0.717, 1.165) is 51.0 Å². The second kappa shape index (κ2) is 5.78. The van der Waals surface area contributed by atoms with E-state index >= 15 is 0 Å². The van der Waals surface area contributed by atoms with Gasteiger partial charge < -0.3 is 11.1 Å². The first-order valence-electron chi connectivity index (χ1n) is 7.94. The number of carbonyl (C=O) groups excluding carboxylic acids is 1. The molecule has 1 aromatic rings. The summed E-state index contributed by atoms with van der Waals surface area (Å²) >= 11 is 0. The number of benzene rings is 1. The van der Waals surface area contributed by atoms with Crippen molar-refractivity contribution >= 4 is 11.6 Å². The highest BCUT2D eigenvalue weighted by Gasteiger charge is 2.35. The van der Waals surface area contributed by atoms with Crippen LogP contribution in [0.5, 0.6) is 0 Å². The Morgan fingerprint density at radius 1 is 1.33 bits per heavy atom. The van der Waals surface area contributed by atoms with Gasteiger partial charge in [0.05, 0.1) is 6.04 Å². The number of rotatable bonds is 2. The molecule has 2 aliphatic rings. The number of fused-ring (bicyclic) bond motifs is 1. The molecular formula is C17H25N3O. The Labute approximate surface area is 126 Å². The Balaban J connectivity index is 1.69. The normalized spacial score (nSPS) is 25.8. The first-order valence-corrected chi connectivity index (χ1v) is 7.94. The summed E-state index contributed by atoms with van der Waals surface area (Å²) in [5.41, 5.74) is 8.35. The lowest BCUT2D eigenvalue weighted by Crippen LogP contribution is -2.50. The fraction of sp³-hybridized carbons (Fsp3) is 0.588. The number of anilines is 1. The molecule has 1 amide bonds. The minimum Gasteiger partial charge on any atom is -0.330 e. The second-order valence-corrected chi connectivity index (χ2v) is 6.75. The number of likely N-dealkylation sites (tertiary alicyclic amines) is 1. The number of nitrogens with zero attached hydrogens (tertiary/aromatic N) is 1. The number of hydrogen-bond acceptors (Lipinski definition) is 3. The smallest absolute Gasteiger partial charge is 0.241 e. The number of hydrogen-bond donors (Lipinski definition) is 2. The molecular weight excluding hydrogens is 262 g/mol. The van der Waals surface area contributed by atoms with Crippen LogP contribution in [0.3, 0.4) is 0 Å². The number of aryl methyl sites for hydroxylation is 1. The predicted molar refractivity (Wildman–Crippen MR) is 85.1 cm³/mol. The highest BCUT2D eigenvalue weighted by atomic mass is 16.2. The van der Waals surface area contributed by atoms with Crippen molar-refractivity contribution in [3.05, 3.63) is 29.8 Å². The number of nitrogens with two attached hydrogens (primary N) is 1. The van der Waals surface area contributed by atoms with Gasteiger partial charge in [-0.3, -0.25) is 9.69 Å². The van der Waals surface area contributed by atoms with Crippen LogP contribution in [-0.4, -0.2) is 36.5 Å². The minimum atomic E-state index is -0.000255. The third-order valence-electron chi connectivity index (χ3n) is 5.20. The zero-order valence-electron chi connectivity index (χ0n) is 12.8. The lowest BCUT2D eigenvalue weighted by atomic mass is 9.80. The third-order valence-corrected chi connectivity index (χ3v) is 5.20. The lowest BCUT2D eigenvalue weighted by molar-refractivity contribution is -0.122. The average Bonchev–Trinajstić information content (AvgIpc) is 2.67. The molecule has 0 spiro atoms. The van der Waals surface area contributed by atoms with Crippen LogP contribution in [-0.2, 0) is 11.2 Å². The summed E-state index contributed by atoms with van der Waals surface area (Å²) in [6, 6.07) is 8.13. The van der Waals surface area contributed by atoms with Gasteiger partial charge in [0.25, 0.3) is 0 Å². The van der Waals surface area contributed by atoms with Gasteiger partial charge in [-0.25, -0.2) is 0 Å². The van der Waals surface area contributed by atoms with E-state index in [-0.39, 0.29) is 17.4 Å². The molecule has 1 aromatic carbocycles. The van der Waals surface area contributed by atoms with Gasteiger partial charge in [0.15, 0.2) is 0 Å². The Bertz CT molecular complexity index is 521. The summed E-state index contributed by atoms with van der Waals surface area (Å²) in [6.45, 7) is 4.95. The molecule has 1 atom stereocenters. The Morgan fingerprint density at radius 2 is 2.05 bits per heavy atom. The molecule has 2 heterocycles. The number of piperidine rings is 1. The van der Waals surface area contributed by atoms with E-state index in [0.29, 0.717) is 0 Å². The van der Waals surface area contributed by atoms with Gasteiger partial charge in [-0.05, 0) is 62.4 Å². The average molecular weight is 287 g/mol. The molecule has 3 rings (SSSR count). The number of para-hydroxylation sites is 1. The molecule has 0 bridgehead atoms. The summed E-state index contributed by atoms with van der Waals surface area (Å²) in [5.74, 6) is 0.149. The first kappa shape index (κ1) is 14.5. The van der Waals surface area contributed by atoms with Crippen LogP contribution in [0.15, 0.2) is 24.3 Å². The molecule has 4 nitrogen and oxygen atoms in total. The highest BCUT2D eigenvalue weighted by Crippen LogP contribution is 2.32. The van der Waals surface area contributed by atoms with Crippen molar-refractivity contribution < 1.29 is 4.79 Å². The zero-order valence-corrected chi connectivity index (χ0v) is 12.8. The maximum absolute atomic E-state index is 12.5. The van der Waals surface area contributed by atoms with Gasteiger partial charge in [-0.15, -0.1) is 0 Å². The Kier molecular flexibility index (Phi) is 4.00. The number of carbonyl (C=O) groups is 1. The molecule has 0 aliphatic carbocycles. The van der Waals surface area contributed by atoms with Crippen molar-refractivity contribution in [3.8, 4) is 0 Å². The van der Waals surface area contributed by atoms with Gasteiger partial charge >= 0.3 is 0 Å². The van der Waals surface area contributed by atoms with Crippen molar-refractivity contribution in [3.63, 3.8) is 0 Å². The lowest BCUT2D eigenvalue weighted by Gasteiger charge is -2.41. The van der Waals surface area contributed by atoms with E-state index in [1.807, 2.05) is 18.2 Å². The largest absolute Gasteiger partial charge is 0.330 e. The van der Waals surface area contributed by atoms with Gasteiger partial charge in [0.2, 0.25) is 5.91 Å². The molecule has 1 unspecified atom stereocenters. The summed E-state index contributed by atoms with van der Waals surface area (Å²) in [5, 5.41) is 3.10. The van der Waals surface area contributed by atoms with Crippen LogP contribution in [0.25, 0.3) is 0 Å². The van der Waals surface area contributed by atoms with Crippen LogP contribution in [0.1, 0.15) is 31.7 Å². The van der Waals surface area contributed by atoms with Crippen molar-refractivity contribution in [2.45, 2.75) is 38.6 Å². The van der Waals surface area contributed by atoms with Crippen LogP contribution in [0, 0.1) is 5.41 Å². The Hall–Kier alpha value is -1.39. The molecule has 114 valence electrons. The molecule has 4 heteroatoms. The van der Waals surface area contributed by atoms with Crippen molar-refractivity contribution in [2.24, 2.45) is 11.1 Å². The van der Waals surface area contributed by atoms with Crippen molar-refractivity contribution in [1.82, 2.24) is 4.90 Å². The topological polar surface area (TPSA) is 58.4 Å². The summed E-state index contributed by atoms with van der Waals surface area (Å²) in [6.07, 6.45) is 4.03. The zero-order chi connectivity index (χ0) is 14.9. The second-order valence-electron chi connectivity index (χ2n) is 6.75. The van der Waals surface area contributed by atoms with Gasteiger partial charge in [-0.1, -0.05) is 25.1 Å². The minimum absolute atomic E-state index is 0.000255. The molecule has 3 N–H and O–H groups in total. The van der Waals surface area contributed by atoms with Crippen LogP contribution >= 0.6 is 0 Å². The summed E-state index contributed by atoms with van der Waals surface area (Å²) in [4.78, 5) is 14.9. The number of nitrogens with one attached hydrogen (secondary N) is 1. The van der Waals surface area contributed by atoms with E-state index < -0.39 is 0 Å². The molecule has 1 saturated heterocycles. The van der Waals surface area contributed by atoms with Crippen LogP contribution in [0.2, 0.25) is 0 Å². The highest BCUT2D eigenvalue weighted by molar-refractivity contribution is 5.96. The number of amides is 1. The molecule has 1 fully saturated rings. The monoisotopic (exact) mass is 287 g/mol. The standard InChI is InChI=1S/C17H25N3O/c1-17(12-18)8-10-20(11-9-17)15-7-6-13-4-2-3-5-14(13)19-16(15)21/h2-5,15H,6-12,18H2,1H3,(H,19,21). The summed E-state index contributed by atoms with van der Waals surface area (Å²) in [7, 11) is 0. The molecule has 2 aliphatic heterocycles. The molecule has 21 heavy (non-hydrogen) atoms. The Morgan fingerprint density at radius 3 is 2.76 bits per heavy atom. The van der Waals surface area contributed by atoms with Crippen LogP contribution < -0.4 is 11.1 Å². The van der Waals surface area contributed by atoms with E-state index in [4.69, 9.17) is 5.73 Å². The van der Waals surface area contributed by atoms with E-state index in [1.54, 1.807) is 0 Å². The fourth-order valence-electron chi connectivity index (χ4n) is 3.43. The van der Waals surface area contributed by atoms with Crippen molar-refractivity contribution in [2.75, 3.05) is 25.0 Å². The van der Waals surface area contributed by atoms with E-state index in [9.17, 15) is 4.79 Å². The SMILES string of the molecule is CC1(CN)CCN(C2CCc3ccccc3NC2=O)CC1. The molecule has 0 radical (unpaired) electrons. The fourth-order valence-corrected chi connectivity index (χ4v) is 3.43. The van der Waals surface area contributed by atoms with Gasteiger partial charge in [0.1, 0.15) is 0 Å². The van der Waals surface area contributed by atoms with Crippen molar-refractivity contribution in [1.29, 1.82) is 0 Å². The third kappa shape index (κ3) is 2.97. The van der Waals surface area contributed by atoms with Gasteiger partial charge in [-0.2, -0.15) is 0 Å². The quantitative estimate of drug-likeness (QED) is 0.874. The maximum atomic E-state index is 12.5.